The SMILES string of the molecule is CCN(CC(=O)Nc1cc(C)ccc1OC)Cc1nc2cc(OC)c(OC)cc2c(=O)[nH]1. The molecule has 3 aromatic rings. The smallest absolute Gasteiger partial charge is 0.258 e. The molecule has 0 saturated heterocycles. The lowest BCUT2D eigenvalue weighted by Gasteiger charge is -2.20. The summed E-state index contributed by atoms with van der Waals surface area (Å²) in [7, 11) is 4.60. The second-order valence-electron chi connectivity index (χ2n) is 7.29. The van der Waals surface area contributed by atoms with Crippen molar-refractivity contribution in [2.24, 2.45) is 0 Å². The Balaban J connectivity index is 1.78. The highest BCUT2D eigenvalue weighted by atomic mass is 16.5. The number of nitrogens with zero attached hydrogens (tertiary/aromatic N) is 2. The summed E-state index contributed by atoms with van der Waals surface area (Å²) in [6.45, 7) is 4.90. The molecule has 0 bridgehead atoms. The van der Waals surface area contributed by atoms with Crippen molar-refractivity contribution >= 4 is 22.5 Å². The Hall–Kier alpha value is -3.59. The highest BCUT2D eigenvalue weighted by Crippen LogP contribution is 2.30. The first kappa shape index (κ1) is 23.1. The number of aromatic amines is 1. The third-order valence-corrected chi connectivity index (χ3v) is 5.08. The Bertz CT molecular complexity index is 1170. The maximum absolute atomic E-state index is 12.7. The minimum absolute atomic E-state index is 0.126. The largest absolute Gasteiger partial charge is 0.495 e. The first-order valence-corrected chi connectivity index (χ1v) is 10.2. The van der Waals surface area contributed by atoms with Gasteiger partial charge in [-0.1, -0.05) is 13.0 Å². The molecule has 0 aliphatic heterocycles. The zero-order valence-corrected chi connectivity index (χ0v) is 18.9. The number of anilines is 1. The molecular weight excluding hydrogens is 412 g/mol. The second-order valence-corrected chi connectivity index (χ2v) is 7.29. The number of rotatable bonds is 9. The van der Waals surface area contributed by atoms with Gasteiger partial charge in [0, 0.05) is 6.07 Å². The van der Waals surface area contributed by atoms with Crippen molar-refractivity contribution in [2.45, 2.75) is 20.4 Å². The summed E-state index contributed by atoms with van der Waals surface area (Å²) in [5.41, 5.74) is 1.84. The first-order valence-electron chi connectivity index (χ1n) is 10.2. The van der Waals surface area contributed by atoms with E-state index in [1.807, 2.05) is 36.9 Å². The molecule has 1 amide bonds. The maximum Gasteiger partial charge on any atom is 0.258 e. The quantitative estimate of drug-likeness (QED) is 0.527. The number of aromatic nitrogens is 2. The Morgan fingerprint density at radius 3 is 2.41 bits per heavy atom. The van der Waals surface area contributed by atoms with Gasteiger partial charge in [0.25, 0.3) is 5.56 Å². The normalized spacial score (nSPS) is 10.9. The van der Waals surface area contributed by atoms with Crippen molar-refractivity contribution in [2.75, 3.05) is 39.7 Å². The van der Waals surface area contributed by atoms with Gasteiger partial charge in [-0.25, -0.2) is 4.98 Å². The van der Waals surface area contributed by atoms with Crippen LogP contribution in [0.1, 0.15) is 18.3 Å². The zero-order chi connectivity index (χ0) is 23.3. The van der Waals surface area contributed by atoms with E-state index < -0.39 is 0 Å². The number of benzene rings is 2. The van der Waals surface area contributed by atoms with Crippen molar-refractivity contribution in [1.82, 2.24) is 14.9 Å². The van der Waals surface area contributed by atoms with E-state index in [0.717, 1.165) is 5.56 Å². The molecule has 0 radical (unpaired) electrons. The van der Waals surface area contributed by atoms with Gasteiger partial charge in [-0.3, -0.25) is 14.5 Å². The van der Waals surface area contributed by atoms with Crippen LogP contribution in [0.4, 0.5) is 5.69 Å². The average molecular weight is 441 g/mol. The Labute approximate surface area is 186 Å². The molecule has 0 atom stereocenters. The van der Waals surface area contributed by atoms with Gasteiger partial charge in [-0.2, -0.15) is 0 Å². The number of ether oxygens (including phenoxy) is 3. The minimum atomic E-state index is -0.282. The Morgan fingerprint density at radius 2 is 1.75 bits per heavy atom. The summed E-state index contributed by atoms with van der Waals surface area (Å²) in [6.07, 6.45) is 0. The summed E-state index contributed by atoms with van der Waals surface area (Å²) < 4.78 is 15.9. The number of nitrogens with one attached hydrogen (secondary N) is 2. The first-order chi connectivity index (χ1) is 15.4. The van der Waals surface area contributed by atoms with Crippen LogP contribution < -0.4 is 25.1 Å². The van der Waals surface area contributed by atoms with E-state index in [1.54, 1.807) is 19.2 Å². The molecule has 0 aliphatic carbocycles. The molecule has 9 nitrogen and oxygen atoms in total. The number of likely N-dealkylation sites (N-methyl/N-ethyl adjacent to an activating group) is 1. The van der Waals surface area contributed by atoms with Crippen molar-refractivity contribution in [3.05, 3.63) is 52.1 Å². The summed E-state index contributed by atoms with van der Waals surface area (Å²) in [6, 6.07) is 8.86. The predicted octanol–water partition coefficient (Wildman–Crippen LogP) is 2.72. The van der Waals surface area contributed by atoms with Gasteiger partial charge in [0.15, 0.2) is 11.5 Å². The standard InChI is InChI=1S/C23H28N4O5/c1-6-27(13-22(28)25-17-9-14(2)7-8-18(17)30-3)12-21-24-16-11-20(32-5)19(31-4)10-15(16)23(29)26-21/h7-11H,6,12-13H2,1-5H3,(H,25,28)(H,24,26,29). The molecule has 2 N–H and O–H groups in total. The molecule has 2 aromatic carbocycles. The second kappa shape index (κ2) is 10.1. The van der Waals surface area contributed by atoms with Crippen LogP contribution in [0.2, 0.25) is 0 Å². The van der Waals surface area contributed by atoms with Crippen LogP contribution in [-0.2, 0) is 11.3 Å². The fraction of sp³-hybridized carbons (Fsp3) is 0.348. The lowest BCUT2D eigenvalue weighted by molar-refractivity contribution is -0.117. The van der Waals surface area contributed by atoms with E-state index in [-0.39, 0.29) is 18.0 Å². The van der Waals surface area contributed by atoms with Gasteiger partial charge in [0.05, 0.1) is 51.0 Å². The average Bonchev–Trinajstić information content (AvgIpc) is 2.77. The molecule has 0 aliphatic rings. The number of fused-ring (bicyclic) bond motifs is 1. The van der Waals surface area contributed by atoms with E-state index in [9.17, 15) is 9.59 Å². The fourth-order valence-corrected chi connectivity index (χ4v) is 3.39. The fourth-order valence-electron chi connectivity index (χ4n) is 3.39. The molecule has 9 heteroatoms. The maximum atomic E-state index is 12.7. The predicted molar refractivity (Wildman–Crippen MR) is 123 cm³/mol. The number of aryl methyl sites for hydroxylation is 1. The van der Waals surface area contributed by atoms with E-state index in [0.29, 0.717) is 52.8 Å². The molecule has 0 fully saturated rings. The zero-order valence-electron chi connectivity index (χ0n) is 18.9. The number of amides is 1. The van der Waals surface area contributed by atoms with E-state index in [4.69, 9.17) is 14.2 Å². The lowest BCUT2D eigenvalue weighted by Crippen LogP contribution is -2.34. The number of carbonyl (C=O) groups is 1. The molecule has 1 aromatic heterocycles. The van der Waals surface area contributed by atoms with Crippen LogP contribution in [0, 0.1) is 6.92 Å². The lowest BCUT2D eigenvalue weighted by atomic mass is 10.2. The van der Waals surface area contributed by atoms with Gasteiger partial charge < -0.3 is 24.5 Å². The van der Waals surface area contributed by atoms with Crippen molar-refractivity contribution in [3.8, 4) is 17.2 Å². The number of hydrogen-bond acceptors (Lipinski definition) is 7. The van der Waals surface area contributed by atoms with Crippen LogP contribution in [0.25, 0.3) is 10.9 Å². The van der Waals surface area contributed by atoms with Gasteiger partial charge in [0.1, 0.15) is 11.6 Å². The van der Waals surface area contributed by atoms with Crippen LogP contribution in [0.5, 0.6) is 17.2 Å². The number of carbonyl (C=O) groups excluding carboxylic acids is 1. The number of methoxy groups -OCH3 is 3. The van der Waals surface area contributed by atoms with E-state index in [2.05, 4.69) is 15.3 Å². The topological polar surface area (TPSA) is 106 Å². The van der Waals surface area contributed by atoms with Crippen molar-refractivity contribution < 1.29 is 19.0 Å². The van der Waals surface area contributed by atoms with Crippen LogP contribution >= 0.6 is 0 Å². The van der Waals surface area contributed by atoms with Gasteiger partial charge in [-0.05, 0) is 37.2 Å². The van der Waals surface area contributed by atoms with Crippen LogP contribution in [0.15, 0.2) is 35.1 Å². The number of H-pyrrole nitrogens is 1. The van der Waals surface area contributed by atoms with Gasteiger partial charge in [0.2, 0.25) is 5.91 Å². The van der Waals surface area contributed by atoms with Gasteiger partial charge >= 0.3 is 0 Å². The highest BCUT2D eigenvalue weighted by Gasteiger charge is 2.15. The molecule has 0 spiro atoms. The Morgan fingerprint density at radius 1 is 1.06 bits per heavy atom. The minimum Gasteiger partial charge on any atom is -0.495 e. The molecule has 170 valence electrons. The highest BCUT2D eigenvalue weighted by molar-refractivity contribution is 5.93. The summed E-state index contributed by atoms with van der Waals surface area (Å²) >= 11 is 0. The molecule has 1 heterocycles. The third-order valence-electron chi connectivity index (χ3n) is 5.08. The van der Waals surface area contributed by atoms with Crippen molar-refractivity contribution in [3.63, 3.8) is 0 Å². The van der Waals surface area contributed by atoms with E-state index >= 15 is 0 Å². The molecule has 32 heavy (non-hydrogen) atoms. The molecule has 0 unspecified atom stereocenters. The summed E-state index contributed by atoms with van der Waals surface area (Å²) in [5, 5.41) is 3.29. The monoisotopic (exact) mass is 440 g/mol. The third kappa shape index (κ3) is 5.17. The summed E-state index contributed by atoms with van der Waals surface area (Å²) in [4.78, 5) is 34.5. The Kier molecular flexibility index (Phi) is 7.32. The summed E-state index contributed by atoms with van der Waals surface area (Å²) in [5.74, 6) is 1.81. The number of hydrogen-bond donors (Lipinski definition) is 2. The molecular formula is C23H28N4O5. The van der Waals surface area contributed by atoms with Crippen molar-refractivity contribution in [1.29, 1.82) is 0 Å². The van der Waals surface area contributed by atoms with E-state index in [1.165, 1.54) is 14.2 Å². The van der Waals surface area contributed by atoms with Gasteiger partial charge in [-0.15, -0.1) is 0 Å². The molecule has 0 saturated carbocycles. The van der Waals surface area contributed by atoms with Crippen LogP contribution in [0.3, 0.4) is 0 Å². The molecule has 3 rings (SSSR count). The van der Waals surface area contributed by atoms with Crippen LogP contribution in [-0.4, -0.2) is 55.2 Å².